The lowest BCUT2D eigenvalue weighted by molar-refractivity contribution is -0.140. The van der Waals surface area contributed by atoms with Crippen LogP contribution in [0.1, 0.15) is 24.0 Å². The van der Waals surface area contributed by atoms with Gasteiger partial charge in [-0.1, -0.05) is 6.07 Å². The van der Waals surface area contributed by atoms with Gasteiger partial charge < -0.3 is 9.84 Å². The van der Waals surface area contributed by atoms with Crippen LogP contribution in [-0.2, 0) is 32.8 Å². The Morgan fingerprint density at radius 3 is 2.80 bits per heavy atom. The van der Waals surface area contributed by atoms with Crippen LogP contribution in [-0.4, -0.2) is 36.4 Å². The van der Waals surface area contributed by atoms with Gasteiger partial charge >= 0.3 is 5.97 Å². The zero-order chi connectivity index (χ0) is 14.3. The van der Waals surface area contributed by atoms with E-state index < -0.39 is 22.0 Å². The van der Waals surface area contributed by atoms with Crippen molar-refractivity contribution in [2.24, 2.45) is 0 Å². The lowest BCUT2D eigenvalue weighted by Gasteiger charge is -2.21. The Bertz CT molecular complexity index is 655. The van der Waals surface area contributed by atoms with E-state index in [-0.39, 0.29) is 11.4 Å². The average Bonchev–Trinajstić information content (AvgIpc) is 3.06. The third-order valence-electron chi connectivity index (χ3n) is 3.79. The number of carboxylic acid groups (broad SMARTS) is 1. The molecule has 2 aliphatic heterocycles. The summed E-state index contributed by atoms with van der Waals surface area (Å²) < 4.78 is 31.5. The highest BCUT2D eigenvalue weighted by Gasteiger charge is 2.39. The number of rotatable bonds is 3. The van der Waals surface area contributed by atoms with Gasteiger partial charge in [0.2, 0.25) is 10.0 Å². The van der Waals surface area contributed by atoms with Gasteiger partial charge in [-0.25, -0.2) is 8.42 Å². The molecule has 0 saturated carbocycles. The Labute approximate surface area is 117 Å². The molecule has 108 valence electrons. The first-order chi connectivity index (χ1) is 9.50. The monoisotopic (exact) mass is 297 g/mol. The molecule has 0 amide bonds. The van der Waals surface area contributed by atoms with E-state index in [1.165, 1.54) is 6.07 Å². The van der Waals surface area contributed by atoms with Crippen LogP contribution in [0, 0.1) is 0 Å². The maximum absolute atomic E-state index is 12.6. The van der Waals surface area contributed by atoms with Crippen molar-refractivity contribution < 1.29 is 23.1 Å². The standard InChI is InChI=1S/C13H15NO5S/c15-13(16)12-2-1-5-14(12)20(17,18)11-4-3-9-7-19-8-10(9)6-11/h3-4,6,12H,1-2,5,7-8H2,(H,15,16)/t12-/m1/s1. The van der Waals surface area contributed by atoms with Crippen molar-refractivity contribution in [1.82, 2.24) is 4.31 Å². The topological polar surface area (TPSA) is 83.9 Å². The predicted octanol–water partition coefficient (Wildman–Crippen LogP) is 0.954. The maximum Gasteiger partial charge on any atom is 0.322 e. The summed E-state index contributed by atoms with van der Waals surface area (Å²) in [5, 5.41) is 9.12. The van der Waals surface area contributed by atoms with Gasteiger partial charge in [-0.05, 0) is 36.1 Å². The lowest BCUT2D eigenvalue weighted by atomic mass is 10.1. The molecular weight excluding hydrogens is 282 g/mol. The first-order valence-corrected chi connectivity index (χ1v) is 7.88. The third kappa shape index (κ3) is 2.11. The summed E-state index contributed by atoms with van der Waals surface area (Å²) in [5.74, 6) is -1.09. The second-order valence-electron chi connectivity index (χ2n) is 5.04. The largest absolute Gasteiger partial charge is 0.480 e. The van der Waals surface area contributed by atoms with E-state index >= 15 is 0 Å². The van der Waals surface area contributed by atoms with Gasteiger partial charge in [-0.15, -0.1) is 0 Å². The highest BCUT2D eigenvalue weighted by molar-refractivity contribution is 7.89. The van der Waals surface area contributed by atoms with Crippen LogP contribution >= 0.6 is 0 Å². The summed E-state index contributed by atoms with van der Waals surface area (Å²) in [4.78, 5) is 11.3. The average molecular weight is 297 g/mol. The lowest BCUT2D eigenvalue weighted by Crippen LogP contribution is -2.40. The summed E-state index contributed by atoms with van der Waals surface area (Å²) >= 11 is 0. The molecule has 0 bridgehead atoms. The highest BCUT2D eigenvalue weighted by atomic mass is 32.2. The molecule has 20 heavy (non-hydrogen) atoms. The van der Waals surface area contributed by atoms with E-state index in [1.807, 2.05) is 0 Å². The minimum Gasteiger partial charge on any atom is -0.480 e. The van der Waals surface area contributed by atoms with Crippen LogP contribution in [0.4, 0.5) is 0 Å². The quantitative estimate of drug-likeness (QED) is 0.898. The molecule has 1 atom stereocenters. The van der Waals surface area contributed by atoms with E-state index in [0.29, 0.717) is 26.1 Å². The summed E-state index contributed by atoms with van der Waals surface area (Å²) in [6, 6.07) is 3.90. The van der Waals surface area contributed by atoms with Crippen molar-refractivity contribution in [3.63, 3.8) is 0 Å². The molecule has 0 aliphatic carbocycles. The van der Waals surface area contributed by atoms with Gasteiger partial charge in [0.1, 0.15) is 6.04 Å². The number of carboxylic acids is 1. The summed E-state index contributed by atoms with van der Waals surface area (Å²) in [6.07, 6.45) is 0.937. The van der Waals surface area contributed by atoms with Crippen LogP contribution in [0.25, 0.3) is 0 Å². The van der Waals surface area contributed by atoms with E-state index in [1.54, 1.807) is 12.1 Å². The number of aliphatic carboxylic acids is 1. The number of hydrogen-bond acceptors (Lipinski definition) is 4. The Hall–Kier alpha value is -1.44. The van der Waals surface area contributed by atoms with Crippen LogP contribution < -0.4 is 0 Å². The number of sulfonamides is 1. The molecule has 0 radical (unpaired) electrons. The number of hydrogen-bond donors (Lipinski definition) is 1. The van der Waals surface area contributed by atoms with Gasteiger partial charge in [0.25, 0.3) is 0 Å². The number of carbonyl (C=O) groups is 1. The fourth-order valence-corrected chi connectivity index (χ4v) is 4.42. The van der Waals surface area contributed by atoms with Crippen LogP contribution in [0.3, 0.4) is 0 Å². The molecule has 1 fully saturated rings. The van der Waals surface area contributed by atoms with Crippen molar-refractivity contribution in [2.45, 2.75) is 37.0 Å². The first kappa shape index (κ1) is 13.5. The zero-order valence-electron chi connectivity index (χ0n) is 10.8. The van der Waals surface area contributed by atoms with Crippen LogP contribution in [0.2, 0.25) is 0 Å². The normalized spacial score (nSPS) is 22.9. The molecule has 1 aromatic carbocycles. The molecule has 1 saturated heterocycles. The molecule has 1 aromatic rings. The minimum absolute atomic E-state index is 0.148. The first-order valence-electron chi connectivity index (χ1n) is 6.44. The van der Waals surface area contributed by atoms with E-state index in [0.717, 1.165) is 15.4 Å². The van der Waals surface area contributed by atoms with Gasteiger partial charge in [-0.3, -0.25) is 4.79 Å². The Morgan fingerprint density at radius 2 is 2.05 bits per heavy atom. The third-order valence-corrected chi connectivity index (χ3v) is 5.69. The van der Waals surface area contributed by atoms with E-state index in [9.17, 15) is 13.2 Å². The fourth-order valence-electron chi connectivity index (χ4n) is 2.72. The van der Waals surface area contributed by atoms with Gasteiger partial charge in [0.05, 0.1) is 18.1 Å². The molecule has 1 N–H and O–H groups in total. The van der Waals surface area contributed by atoms with Crippen molar-refractivity contribution in [2.75, 3.05) is 6.54 Å². The Morgan fingerprint density at radius 1 is 1.30 bits per heavy atom. The van der Waals surface area contributed by atoms with Crippen molar-refractivity contribution >= 4 is 16.0 Å². The number of nitrogens with zero attached hydrogens (tertiary/aromatic N) is 1. The second kappa shape index (κ2) is 4.83. The second-order valence-corrected chi connectivity index (χ2v) is 6.93. The Kier molecular flexibility index (Phi) is 3.27. The fraction of sp³-hybridized carbons (Fsp3) is 0.462. The number of fused-ring (bicyclic) bond motifs is 1. The molecule has 3 rings (SSSR count). The maximum atomic E-state index is 12.6. The molecule has 2 heterocycles. The number of benzene rings is 1. The molecule has 0 unspecified atom stereocenters. The molecular formula is C13H15NO5S. The van der Waals surface area contributed by atoms with Crippen LogP contribution in [0.15, 0.2) is 23.1 Å². The van der Waals surface area contributed by atoms with Crippen molar-refractivity contribution in [1.29, 1.82) is 0 Å². The molecule has 7 heteroatoms. The molecule has 0 spiro atoms. The van der Waals surface area contributed by atoms with Crippen molar-refractivity contribution in [3.05, 3.63) is 29.3 Å². The smallest absolute Gasteiger partial charge is 0.322 e. The summed E-state index contributed by atoms with van der Waals surface area (Å²) in [6.45, 7) is 1.16. The predicted molar refractivity (Wildman–Crippen MR) is 69.5 cm³/mol. The number of ether oxygens (including phenoxy) is 1. The van der Waals surface area contributed by atoms with Gasteiger partial charge in [0, 0.05) is 6.54 Å². The zero-order valence-corrected chi connectivity index (χ0v) is 11.6. The summed E-state index contributed by atoms with van der Waals surface area (Å²) in [5.41, 5.74) is 1.84. The van der Waals surface area contributed by atoms with Crippen LogP contribution in [0.5, 0.6) is 0 Å². The van der Waals surface area contributed by atoms with Gasteiger partial charge in [0.15, 0.2) is 0 Å². The van der Waals surface area contributed by atoms with E-state index in [4.69, 9.17) is 9.84 Å². The molecule has 6 nitrogen and oxygen atoms in total. The highest BCUT2D eigenvalue weighted by Crippen LogP contribution is 2.29. The molecule has 0 aromatic heterocycles. The Balaban J connectivity index is 1.97. The SMILES string of the molecule is O=C(O)[C@H]1CCCN1S(=O)(=O)c1ccc2c(c1)COC2. The van der Waals surface area contributed by atoms with E-state index in [2.05, 4.69) is 0 Å². The van der Waals surface area contributed by atoms with Crippen molar-refractivity contribution in [3.8, 4) is 0 Å². The minimum atomic E-state index is -3.76. The molecule has 2 aliphatic rings. The summed E-state index contributed by atoms with van der Waals surface area (Å²) in [7, 11) is -3.76. The van der Waals surface area contributed by atoms with Gasteiger partial charge in [-0.2, -0.15) is 4.31 Å².